The Bertz CT molecular complexity index is 205. The van der Waals surface area contributed by atoms with E-state index in [1.54, 1.807) is 13.8 Å². The van der Waals surface area contributed by atoms with Crippen LogP contribution in [0.2, 0.25) is 0 Å². The van der Waals surface area contributed by atoms with Gasteiger partial charge in [-0.25, -0.2) is 4.39 Å². The molecule has 1 saturated heterocycles. The Balaban J connectivity index is 2.71. The highest BCUT2D eigenvalue weighted by Crippen LogP contribution is 2.32. The van der Waals surface area contributed by atoms with E-state index in [-0.39, 0.29) is 24.1 Å². The summed E-state index contributed by atoms with van der Waals surface area (Å²) in [6.07, 6.45) is -1.94. The molecule has 1 aliphatic heterocycles. The molecular formula is C10H17FO3. The van der Waals surface area contributed by atoms with Crippen LogP contribution in [0.4, 0.5) is 4.39 Å². The van der Waals surface area contributed by atoms with Crippen LogP contribution in [-0.4, -0.2) is 24.5 Å². The molecule has 0 amide bonds. The molecule has 3 nitrogen and oxygen atoms in total. The number of esters is 1. The molecular weight excluding hydrogens is 187 g/mol. The van der Waals surface area contributed by atoms with Crippen LogP contribution >= 0.6 is 0 Å². The molecule has 0 spiro atoms. The minimum Gasteiger partial charge on any atom is -0.462 e. The summed E-state index contributed by atoms with van der Waals surface area (Å²) in [5.74, 6) is -0.735. The minimum absolute atomic E-state index is 0.0286. The van der Waals surface area contributed by atoms with Crippen molar-refractivity contribution in [3.05, 3.63) is 0 Å². The summed E-state index contributed by atoms with van der Waals surface area (Å²) in [4.78, 5) is 10.8. The van der Waals surface area contributed by atoms with Crippen molar-refractivity contribution in [3.8, 4) is 0 Å². The first kappa shape index (κ1) is 11.4. The Morgan fingerprint density at radius 2 is 1.86 bits per heavy atom. The molecule has 0 aromatic heterocycles. The second-order valence-corrected chi connectivity index (χ2v) is 3.98. The van der Waals surface area contributed by atoms with Gasteiger partial charge >= 0.3 is 5.97 Å². The first-order valence-electron chi connectivity index (χ1n) is 4.90. The largest absolute Gasteiger partial charge is 0.462 e. The van der Waals surface area contributed by atoms with E-state index in [1.165, 1.54) is 6.92 Å². The topological polar surface area (TPSA) is 35.5 Å². The lowest BCUT2D eigenvalue weighted by Crippen LogP contribution is -2.48. The molecule has 1 fully saturated rings. The zero-order chi connectivity index (χ0) is 10.9. The fourth-order valence-electron chi connectivity index (χ4n) is 1.75. The molecule has 1 aliphatic rings. The monoisotopic (exact) mass is 204 g/mol. The second-order valence-electron chi connectivity index (χ2n) is 3.98. The van der Waals surface area contributed by atoms with Crippen LogP contribution in [-0.2, 0) is 14.3 Å². The van der Waals surface area contributed by atoms with Gasteiger partial charge < -0.3 is 9.47 Å². The van der Waals surface area contributed by atoms with Gasteiger partial charge in [0.05, 0.1) is 6.10 Å². The zero-order valence-electron chi connectivity index (χ0n) is 8.99. The highest BCUT2D eigenvalue weighted by Gasteiger charge is 2.41. The smallest absolute Gasteiger partial charge is 0.302 e. The van der Waals surface area contributed by atoms with Crippen LogP contribution in [0.3, 0.4) is 0 Å². The molecule has 0 N–H and O–H groups in total. The van der Waals surface area contributed by atoms with Crippen LogP contribution in [0.25, 0.3) is 0 Å². The summed E-state index contributed by atoms with van der Waals surface area (Å²) in [5.41, 5.74) is 0. The van der Waals surface area contributed by atoms with Crippen molar-refractivity contribution >= 4 is 5.97 Å². The number of ether oxygens (including phenoxy) is 2. The summed E-state index contributed by atoms with van der Waals surface area (Å²) in [5, 5.41) is 0. The van der Waals surface area contributed by atoms with E-state index in [2.05, 4.69) is 0 Å². The molecule has 0 unspecified atom stereocenters. The van der Waals surface area contributed by atoms with E-state index < -0.39 is 12.3 Å². The molecule has 0 bridgehead atoms. The van der Waals surface area contributed by atoms with E-state index in [9.17, 15) is 9.18 Å². The molecule has 0 aromatic carbocycles. The lowest BCUT2D eigenvalue weighted by molar-refractivity contribution is -0.216. The van der Waals surface area contributed by atoms with E-state index in [1.807, 2.05) is 6.92 Å². The Morgan fingerprint density at radius 1 is 1.29 bits per heavy atom. The summed E-state index contributed by atoms with van der Waals surface area (Å²) in [7, 11) is 0. The highest BCUT2D eigenvalue weighted by molar-refractivity contribution is 5.66. The maximum atomic E-state index is 13.3. The molecule has 14 heavy (non-hydrogen) atoms. The fraction of sp³-hybridized carbons (Fsp3) is 0.900. The first-order chi connectivity index (χ1) is 6.43. The Morgan fingerprint density at radius 3 is 2.36 bits per heavy atom. The molecule has 1 heterocycles. The van der Waals surface area contributed by atoms with Crippen LogP contribution in [0.15, 0.2) is 0 Å². The first-order valence-corrected chi connectivity index (χ1v) is 4.90. The van der Waals surface area contributed by atoms with Gasteiger partial charge in [0.1, 0.15) is 6.10 Å². The van der Waals surface area contributed by atoms with Gasteiger partial charge in [-0.2, -0.15) is 0 Å². The SMILES string of the molecule is CC(=O)O[C@@H]1[C@H](C)[C@H](C)O[C@@H](F)[C@H]1C. The van der Waals surface area contributed by atoms with Gasteiger partial charge in [-0.05, 0) is 6.92 Å². The Kier molecular flexibility index (Phi) is 3.48. The normalized spacial score (nSPS) is 43.4. The van der Waals surface area contributed by atoms with Gasteiger partial charge in [0, 0.05) is 18.8 Å². The van der Waals surface area contributed by atoms with Crippen molar-refractivity contribution in [2.75, 3.05) is 0 Å². The van der Waals surface area contributed by atoms with Gasteiger partial charge in [0.2, 0.25) is 6.36 Å². The Hall–Kier alpha value is -0.640. The summed E-state index contributed by atoms with van der Waals surface area (Å²) < 4.78 is 23.4. The number of halogens is 1. The molecule has 1 rings (SSSR count). The molecule has 0 radical (unpaired) electrons. The highest BCUT2D eigenvalue weighted by atomic mass is 19.1. The maximum Gasteiger partial charge on any atom is 0.302 e. The van der Waals surface area contributed by atoms with Crippen molar-refractivity contribution in [2.24, 2.45) is 11.8 Å². The van der Waals surface area contributed by atoms with E-state index in [0.717, 1.165) is 0 Å². The van der Waals surface area contributed by atoms with Crippen LogP contribution in [0.5, 0.6) is 0 Å². The average molecular weight is 204 g/mol. The number of carbonyl (C=O) groups excluding carboxylic acids is 1. The van der Waals surface area contributed by atoms with Gasteiger partial charge in [0.25, 0.3) is 0 Å². The van der Waals surface area contributed by atoms with Crippen molar-refractivity contribution in [3.63, 3.8) is 0 Å². The number of carbonyl (C=O) groups is 1. The van der Waals surface area contributed by atoms with Crippen LogP contribution in [0.1, 0.15) is 27.7 Å². The van der Waals surface area contributed by atoms with Gasteiger partial charge in [-0.15, -0.1) is 0 Å². The van der Waals surface area contributed by atoms with Crippen LogP contribution in [0, 0.1) is 11.8 Å². The molecule has 4 heteroatoms. The number of rotatable bonds is 1. The standard InChI is InChI=1S/C10H17FO3/c1-5-7(3)13-10(11)6(2)9(5)14-8(4)12/h5-7,9-10H,1-4H3/t5-,6+,7+,9-,10-/m1/s1. The van der Waals surface area contributed by atoms with E-state index in [4.69, 9.17) is 9.47 Å². The quantitative estimate of drug-likeness (QED) is 0.612. The summed E-state index contributed by atoms with van der Waals surface area (Å²) >= 11 is 0. The summed E-state index contributed by atoms with van der Waals surface area (Å²) in [6.45, 7) is 6.73. The third kappa shape index (κ3) is 2.23. The lowest BCUT2D eigenvalue weighted by Gasteiger charge is -2.39. The zero-order valence-corrected chi connectivity index (χ0v) is 8.99. The second kappa shape index (κ2) is 4.26. The predicted octanol–water partition coefficient (Wildman–Crippen LogP) is 1.90. The molecule has 5 atom stereocenters. The lowest BCUT2D eigenvalue weighted by atomic mass is 9.87. The van der Waals surface area contributed by atoms with Gasteiger partial charge in [0.15, 0.2) is 0 Å². The van der Waals surface area contributed by atoms with Crippen molar-refractivity contribution < 1.29 is 18.7 Å². The molecule has 0 aliphatic carbocycles. The third-order valence-electron chi connectivity index (χ3n) is 2.84. The van der Waals surface area contributed by atoms with Gasteiger partial charge in [-0.3, -0.25) is 4.79 Å². The minimum atomic E-state index is -1.34. The van der Waals surface area contributed by atoms with Crippen LogP contribution < -0.4 is 0 Å². The van der Waals surface area contributed by atoms with E-state index >= 15 is 0 Å². The molecule has 0 saturated carbocycles. The van der Waals surface area contributed by atoms with Crippen molar-refractivity contribution in [1.29, 1.82) is 0 Å². The van der Waals surface area contributed by atoms with Crippen molar-refractivity contribution in [1.82, 2.24) is 0 Å². The maximum absolute atomic E-state index is 13.3. The Labute approximate surface area is 83.6 Å². The number of hydrogen-bond acceptors (Lipinski definition) is 3. The molecule has 0 aromatic rings. The third-order valence-corrected chi connectivity index (χ3v) is 2.84. The number of alkyl halides is 1. The predicted molar refractivity (Wildman–Crippen MR) is 49.3 cm³/mol. The average Bonchev–Trinajstić information content (AvgIpc) is 2.09. The fourth-order valence-corrected chi connectivity index (χ4v) is 1.75. The summed E-state index contributed by atoms with van der Waals surface area (Å²) in [6, 6.07) is 0. The van der Waals surface area contributed by atoms with Crippen molar-refractivity contribution in [2.45, 2.75) is 46.3 Å². The van der Waals surface area contributed by atoms with Gasteiger partial charge in [-0.1, -0.05) is 13.8 Å². The van der Waals surface area contributed by atoms with E-state index in [0.29, 0.717) is 0 Å². The molecule has 82 valence electrons. The number of hydrogen-bond donors (Lipinski definition) is 0.